The minimum Gasteiger partial charge on any atom is -0.373 e. The van der Waals surface area contributed by atoms with E-state index < -0.39 is 0 Å². The van der Waals surface area contributed by atoms with Crippen molar-refractivity contribution in [3.63, 3.8) is 0 Å². The number of ether oxygens (including phenoxy) is 1. The molecule has 3 atom stereocenters. The maximum absolute atomic E-state index is 12.3. The molecule has 130 valence electrons. The van der Waals surface area contributed by atoms with Crippen molar-refractivity contribution in [3.05, 3.63) is 11.1 Å². The summed E-state index contributed by atoms with van der Waals surface area (Å²) >= 11 is 1.10. The molecule has 1 N–H and O–H groups in total. The van der Waals surface area contributed by atoms with Crippen LogP contribution in [-0.4, -0.2) is 58.6 Å². The number of carbonyl (C=O) groups is 2. The number of fused-ring (bicyclic) bond motifs is 1. The van der Waals surface area contributed by atoms with Crippen LogP contribution in [0.25, 0.3) is 0 Å². The van der Waals surface area contributed by atoms with E-state index in [0.29, 0.717) is 43.5 Å². The van der Waals surface area contributed by atoms with Gasteiger partial charge in [0.25, 0.3) is 5.91 Å². The summed E-state index contributed by atoms with van der Waals surface area (Å²) < 4.78 is 9.41. The van der Waals surface area contributed by atoms with Gasteiger partial charge in [0.2, 0.25) is 5.91 Å². The number of aromatic nitrogens is 2. The molecular weight excluding hydrogens is 328 g/mol. The maximum Gasteiger partial charge on any atom is 0.267 e. The van der Waals surface area contributed by atoms with Crippen LogP contribution in [0.4, 0.5) is 0 Å². The second-order valence-corrected chi connectivity index (χ2v) is 7.91. The molecular formula is C16H22N4O3S. The molecule has 0 spiro atoms. The third-order valence-electron chi connectivity index (χ3n) is 5.34. The minimum absolute atomic E-state index is 0.0604. The number of carbonyl (C=O) groups excluding carboxylic acids is 2. The Kier molecular flexibility index (Phi) is 4.49. The van der Waals surface area contributed by atoms with Crippen LogP contribution >= 0.6 is 11.5 Å². The van der Waals surface area contributed by atoms with Gasteiger partial charge in [-0.1, -0.05) is 4.49 Å². The molecule has 0 bridgehead atoms. The molecule has 2 amide bonds. The average molecular weight is 350 g/mol. The first-order valence-electron chi connectivity index (χ1n) is 8.64. The van der Waals surface area contributed by atoms with Crippen molar-refractivity contribution in [3.8, 4) is 0 Å². The Balaban J connectivity index is 1.21. The van der Waals surface area contributed by atoms with Crippen LogP contribution in [-0.2, 0) is 9.53 Å². The SMILES string of the molecule is O=C(CC1CC2CC2C1)NCC1CN(C(=O)c2cnns2)CCO1. The lowest BCUT2D eigenvalue weighted by molar-refractivity contribution is -0.123. The third kappa shape index (κ3) is 3.59. The lowest BCUT2D eigenvalue weighted by Gasteiger charge is -2.32. The third-order valence-corrected chi connectivity index (χ3v) is 5.99. The van der Waals surface area contributed by atoms with E-state index in [0.717, 1.165) is 23.4 Å². The molecule has 1 aromatic rings. The van der Waals surface area contributed by atoms with Crippen molar-refractivity contribution >= 4 is 23.3 Å². The summed E-state index contributed by atoms with van der Waals surface area (Å²) in [6, 6.07) is 0. The number of nitrogens with one attached hydrogen (secondary N) is 1. The van der Waals surface area contributed by atoms with Gasteiger partial charge in [0, 0.05) is 26.1 Å². The van der Waals surface area contributed by atoms with Gasteiger partial charge in [-0.25, -0.2) is 0 Å². The highest BCUT2D eigenvalue weighted by molar-refractivity contribution is 7.07. The first-order valence-corrected chi connectivity index (χ1v) is 9.41. The van der Waals surface area contributed by atoms with Crippen LogP contribution in [0.3, 0.4) is 0 Å². The summed E-state index contributed by atoms with van der Waals surface area (Å²) in [7, 11) is 0. The topological polar surface area (TPSA) is 84.4 Å². The highest BCUT2D eigenvalue weighted by atomic mass is 32.1. The molecule has 3 aliphatic rings. The summed E-state index contributed by atoms with van der Waals surface area (Å²) in [6.07, 6.45) is 5.81. The van der Waals surface area contributed by atoms with Gasteiger partial charge < -0.3 is 15.0 Å². The summed E-state index contributed by atoms with van der Waals surface area (Å²) in [4.78, 5) is 26.7. The van der Waals surface area contributed by atoms with Crippen LogP contribution in [0.15, 0.2) is 6.20 Å². The highest BCUT2D eigenvalue weighted by Crippen LogP contribution is 2.55. The standard InChI is InChI=1S/C16H22N4O3S/c21-15(5-10-3-11-6-12(11)4-10)17-7-13-9-20(1-2-23-13)16(22)14-8-18-19-24-14/h8,10-13H,1-7,9H2,(H,17,21). The van der Waals surface area contributed by atoms with Gasteiger partial charge in [0.1, 0.15) is 4.88 Å². The number of morpholine rings is 1. The van der Waals surface area contributed by atoms with Crippen molar-refractivity contribution in [2.75, 3.05) is 26.2 Å². The van der Waals surface area contributed by atoms with Crippen LogP contribution < -0.4 is 5.32 Å². The quantitative estimate of drug-likeness (QED) is 0.854. The zero-order valence-electron chi connectivity index (χ0n) is 13.5. The van der Waals surface area contributed by atoms with E-state index in [1.807, 2.05) is 0 Å². The predicted octanol–water partition coefficient (Wildman–Crippen LogP) is 0.931. The number of hydrogen-bond donors (Lipinski definition) is 1. The Morgan fingerprint density at radius 3 is 2.92 bits per heavy atom. The van der Waals surface area contributed by atoms with E-state index in [9.17, 15) is 9.59 Å². The largest absolute Gasteiger partial charge is 0.373 e. The van der Waals surface area contributed by atoms with Crippen molar-refractivity contribution < 1.29 is 14.3 Å². The maximum atomic E-state index is 12.3. The molecule has 1 saturated heterocycles. The zero-order chi connectivity index (χ0) is 16.5. The first-order chi connectivity index (χ1) is 11.7. The van der Waals surface area contributed by atoms with Crippen LogP contribution in [0.5, 0.6) is 0 Å². The minimum atomic E-state index is -0.149. The van der Waals surface area contributed by atoms with Crippen molar-refractivity contribution in [1.82, 2.24) is 19.8 Å². The molecule has 0 radical (unpaired) electrons. The molecule has 4 rings (SSSR count). The molecule has 0 aromatic carbocycles. The molecule has 7 nitrogen and oxygen atoms in total. The Labute approximate surface area is 144 Å². The number of amides is 2. The normalized spacial score (nSPS) is 31.6. The second kappa shape index (κ2) is 6.76. The molecule has 2 aliphatic carbocycles. The van der Waals surface area contributed by atoms with E-state index in [-0.39, 0.29) is 17.9 Å². The zero-order valence-corrected chi connectivity index (χ0v) is 14.3. The Morgan fingerprint density at radius 2 is 2.17 bits per heavy atom. The van der Waals surface area contributed by atoms with Gasteiger partial charge in [0.05, 0.1) is 18.9 Å². The summed E-state index contributed by atoms with van der Waals surface area (Å²) in [5.74, 6) is 2.43. The van der Waals surface area contributed by atoms with E-state index in [4.69, 9.17) is 4.74 Å². The molecule has 3 unspecified atom stereocenters. The second-order valence-electron chi connectivity index (χ2n) is 7.13. The van der Waals surface area contributed by atoms with E-state index in [2.05, 4.69) is 14.9 Å². The van der Waals surface area contributed by atoms with Crippen molar-refractivity contribution in [1.29, 1.82) is 0 Å². The van der Waals surface area contributed by atoms with Crippen LogP contribution in [0.1, 0.15) is 35.4 Å². The Hall–Kier alpha value is -1.54. The Bertz CT molecular complexity index is 598. The molecule has 1 aromatic heterocycles. The lowest BCUT2D eigenvalue weighted by Crippen LogP contribution is -2.49. The number of rotatable bonds is 5. The van der Waals surface area contributed by atoms with E-state index >= 15 is 0 Å². The van der Waals surface area contributed by atoms with Gasteiger partial charge in [-0.15, -0.1) is 5.10 Å². The monoisotopic (exact) mass is 350 g/mol. The van der Waals surface area contributed by atoms with E-state index in [1.165, 1.54) is 25.5 Å². The van der Waals surface area contributed by atoms with Gasteiger partial charge in [-0.3, -0.25) is 9.59 Å². The lowest BCUT2D eigenvalue weighted by atomic mass is 9.99. The predicted molar refractivity (Wildman–Crippen MR) is 87.5 cm³/mol. The first kappa shape index (κ1) is 16.0. The van der Waals surface area contributed by atoms with Gasteiger partial charge in [0.15, 0.2) is 0 Å². The van der Waals surface area contributed by atoms with Crippen molar-refractivity contribution in [2.24, 2.45) is 17.8 Å². The fraction of sp³-hybridized carbons (Fsp3) is 0.750. The van der Waals surface area contributed by atoms with E-state index in [1.54, 1.807) is 4.90 Å². The molecule has 2 heterocycles. The van der Waals surface area contributed by atoms with Gasteiger partial charge in [-0.05, 0) is 48.5 Å². The summed E-state index contributed by atoms with van der Waals surface area (Å²) in [5.41, 5.74) is 0. The fourth-order valence-electron chi connectivity index (χ4n) is 4.01. The number of hydrogen-bond acceptors (Lipinski definition) is 6. The van der Waals surface area contributed by atoms with Crippen LogP contribution in [0.2, 0.25) is 0 Å². The Morgan fingerprint density at radius 1 is 1.33 bits per heavy atom. The molecule has 1 aliphatic heterocycles. The highest BCUT2D eigenvalue weighted by Gasteiger charge is 2.45. The molecule has 8 heteroatoms. The number of nitrogens with zero attached hydrogens (tertiary/aromatic N) is 3. The summed E-state index contributed by atoms with van der Waals surface area (Å²) in [5, 5.41) is 6.69. The van der Waals surface area contributed by atoms with Crippen LogP contribution in [0, 0.1) is 17.8 Å². The van der Waals surface area contributed by atoms with Gasteiger partial charge >= 0.3 is 0 Å². The summed E-state index contributed by atoms with van der Waals surface area (Å²) in [6.45, 7) is 2.00. The van der Waals surface area contributed by atoms with Crippen molar-refractivity contribution in [2.45, 2.75) is 31.8 Å². The molecule has 2 saturated carbocycles. The smallest absolute Gasteiger partial charge is 0.267 e. The fourth-order valence-corrected chi connectivity index (χ4v) is 4.50. The van der Waals surface area contributed by atoms with Gasteiger partial charge in [-0.2, -0.15) is 0 Å². The molecule has 24 heavy (non-hydrogen) atoms. The average Bonchev–Trinajstić information content (AvgIpc) is 3.02. The molecule has 3 fully saturated rings.